The van der Waals surface area contributed by atoms with Gasteiger partial charge in [-0.25, -0.2) is 0 Å². The van der Waals surface area contributed by atoms with Gasteiger partial charge >= 0.3 is 0 Å². The van der Waals surface area contributed by atoms with Crippen molar-refractivity contribution in [3.63, 3.8) is 0 Å². The molecule has 5 heteroatoms. The molecule has 3 aliphatic rings. The molecule has 0 saturated heterocycles. The number of anilines is 9. The van der Waals surface area contributed by atoms with Gasteiger partial charge in [-0.1, -0.05) is 84.9 Å². The molecule has 4 nitrogen and oxygen atoms in total. The molecule has 0 aromatic heterocycles. The van der Waals surface area contributed by atoms with Gasteiger partial charge in [0.25, 0.3) is 6.71 Å². The van der Waals surface area contributed by atoms with Crippen LogP contribution in [0.15, 0.2) is 170 Å². The molecule has 3 heterocycles. The number of hydrogen-bond donors (Lipinski definition) is 0. The molecule has 0 bridgehead atoms. The summed E-state index contributed by atoms with van der Waals surface area (Å²) >= 11 is 0. The van der Waals surface area contributed by atoms with E-state index in [-0.39, 0.29) is 6.71 Å². The third-order valence-corrected chi connectivity index (χ3v) is 9.57. The van der Waals surface area contributed by atoms with E-state index in [2.05, 4.69) is 185 Å². The zero-order valence-electron chi connectivity index (χ0n) is 25.5. The second-order valence-electron chi connectivity index (χ2n) is 12.2. The van der Waals surface area contributed by atoms with Gasteiger partial charge in [0.15, 0.2) is 0 Å². The van der Waals surface area contributed by atoms with Crippen molar-refractivity contribution in [2.75, 3.05) is 14.7 Å². The highest BCUT2D eigenvalue weighted by Gasteiger charge is 2.48. The van der Waals surface area contributed by atoms with E-state index in [1.54, 1.807) is 0 Å². The summed E-state index contributed by atoms with van der Waals surface area (Å²) in [7, 11) is 0. The van der Waals surface area contributed by atoms with E-state index in [1.165, 1.54) is 27.8 Å². The maximum atomic E-state index is 6.73. The number of ether oxygens (including phenoxy) is 1. The standard InChI is InChI=1S/C42H28BN3O/c1-5-15-29(16-6-1)44(30-17-7-2-8-18-30)33-27-36-40-37(28-33)46(32-21-11-4-12-22-32)35-24-14-26-39-42(35)43(40)41-34(23-13-25-38(41)47-39)45(36)31-19-9-3-10-20-31/h1-28H. The molecule has 0 unspecified atom stereocenters. The van der Waals surface area contributed by atoms with Gasteiger partial charge in [-0.05, 0) is 101 Å². The van der Waals surface area contributed by atoms with Crippen molar-refractivity contribution in [1.82, 2.24) is 0 Å². The fourth-order valence-corrected chi connectivity index (χ4v) is 7.74. The molecular formula is C42H28BN3O. The van der Waals surface area contributed by atoms with E-state index < -0.39 is 0 Å². The van der Waals surface area contributed by atoms with Crippen molar-refractivity contribution in [2.24, 2.45) is 0 Å². The predicted molar refractivity (Wildman–Crippen MR) is 195 cm³/mol. The fourth-order valence-electron chi connectivity index (χ4n) is 7.74. The molecule has 3 aliphatic heterocycles. The molecule has 0 amide bonds. The lowest BCUT2D eigenvalue weighted by Crippen LogP contribution is -2.63. The first kappa shape index (κ1) is 26.1. The highest BCUT2D eigenvalue weighted by atomic mass is 16.5. The zero-order chi connectivity index (χ0) is 30.9. The Morgan fingerprint density at radius 2 is 0.809 bits per heavy atom. The molecule has 0 aliphatic carbocycles. The Morgan fingerprint density at radius 3 is 1.26 bits per heavy atom. The summed E-state index contributed by atoms with van der Waals surface area (Å²) in [5, 5.41) is 0. The normalized spacial score (nSPS) is 13.1. The Labute approximate surface area is 274 Å². The summed E-state index contributed by atoms with van der Waals surface area (Å²) in [6.07, 6.45) is 0. The van der Waals surface area contributed by atoms with E-state index in [9.17, 15) is 0 Å². The van der Waals surface area contributed by atoms with Crippen LogP contribution in [-0.4, -0.2) is 6.71 Å². The monoisotopic (exact) mass is 601 g/mol. The van der Waals surface area contributed by atoms with Gasteiger partial charge in [0, 0.05) is 45.5 Å². The quantitative estimate of drug-likeness (QED) is 0.183. The second-order valence-corrected chi connectivity index (χ2v) is 12.2. The van der Waals surface area contributed by atoms with Gasteiger partial charge in [-0.15, -0.1) is 0 Å². The number of rotatable bonds is 5. The lowest BCUT2D eigenvalue weighted by atomic mass is 9.32. The van der Waals surface area contributed by atoms with Crippen LogP contribution >= 0.6 is 0 Å². The van der Waals surface area contributed by atoms with E-state index in [0.717, 1.165) is 51.3 Å². The molecule has 0 fully saturated rings. The smallest absolute Gasteiger partial charge is 0.261 e. The Bertz CT molecular complexity index is 2140. The molecule has 0 saturated carbocycles. The maximum Gasteiger partial charge on any atom is 0.261 e. The summed E-state index contributed by atoms with van der Waals surface area (Å²) in [5.41, 5.74) is 13.9. The van der Waals surface area contributed by atoms with Crippen LogP contribution in [-0.2, 0) is 0 Å². The first-order chi connectivity index (χ1) is 23.3. The van der Waals surface area contributed by atoms with Gasteiger partial charge in [0.1, 0.15) is 11.5 Å². The Morgan fingerprint density at radius 1 is 0.383 bits per heavy atom. The Balaban J connectivity index is 1.35. The van der Waals surface area contributed by atoms with Crippen LogP contribution in [0.3, 0.4) is 0 Å². The van der Waals surface area contributed by atoms with Crippen molar-refractivity contribution in [1.29, 1.82) is 0 Å². The lowest BCUT2D eigenvalue weighted by Gasteiger charge is -2.47. The molecule has 0 atom stereocenters. The average molecular weight is 602 g/mol. The van der Waals surface area contributed by atoms with Crippen molar-refractivity contribution < 1.29 is 4.74 Å². The molecule has 47 heavy (non-hydrogen) atoms. The molecule has 0 N–H and O–H groups in total. The predicted octanol–water partition coefficient (Wildman–Crippen LogP) is 9.34. The maximum absolute atomic E-state index is 6.73. The number of para-hydroxylation sites is 4. The van der Waals surface area contributed by atoms with Crippen LogP contribution in [0, 0.1) is 0 Å². The highest BCUT2D eigenvalue weighted by molar-refractivity contribution is 7.01. The van der Waals surface area contributed by atoms with Crippen molar-refractivity contribution in [3.05, 3.63) is 170 Å². The van der Waals surface area contributed by atoms with Crippen molar-refractivity contribution in [2.45, 2.75) is 0 Å². The van der Waals surface area contributed by atoms with E-state index in [0.29, 0.717) is 0 Å². The zero-order valence-corrected chi connectivity index (χ0v) is 25.5. The van der Waals surface area contributed by atoms with Gasteiger partial charge < -0.3 is 19.4 Å². The first-order valence-corrected chi connectivity index (χ1v) is 16.1. The average Bonchev–Trinajstić information content (AvgIpc) is 3.13. The second kappa shape index (κ2) is 10.2. The minimum atomic E-state index is 0.0297. The Kier molecular flexibility index (Phi) is 5.63. The van der Waals surface area contributed by atoms with Gasteiger partial charge in [-0.3, -0.25) is 0 Å². The third kappa shape index (κ3) is 3.83. The summed E-state index contributed by atoms with van der Waals surface area (Å²) in [6, 6.07) is 60.5. The Hall–Kier alpha value is -6.20. The SMILES string of the molecule is c1ccc(N(c2ccccc2)c2cc3c4c(c2)N(c2ccccc2)c2cccc5c2B4c2c(cccc2N3c2ccccc2)O5)cc1. The molecule has 0 spiro atoms. The van der Waals surface area contributed by atoms with Crippen LogP contribution in [0.25, 0.3) is 0 Å². The highest BCUT2D eigenvalue weighted by Crippen LogP contribution is 2.50. The van der Waals surface area contributed by atoms with Crippen LogP contribution in [0.5, 0.6) is 11.5 Å². The van der Waals surface area contributed by atoms with Crippen LogP contribution in [0.2, 0.25) is 0 Å². The molecular weight excluding hydrogens is 573 g/mol. The summed E-state index contributed by atoms with van der Waals surface area (Å²) in [4.78, 5) is 7.22. The number of hydrogen-bond acceptors (Lipinski definition) is 4. The summed E-state index contributed by atoms with van der Waals surface area (Å²) < 4.78 is 6.73. The topological polar surface area (TPSA) is 19.0 Å². The molecule has 0 radical (unpaired) electrons. The van der Waals surface area contributed by atoms with Gasteiger partial charge in [-0.2, -0.15) is 0 Å². The van der Waals surface area contributed by atoms with Crippen LogP contribution < -0.4 is 35.8 Å². The van der Waals surface area contributed by atoms with Gasteiger partial charge in [0.05, 0.1) is 5.69 Å². The van der Waals surface area contributed by atoms with E-state index in [1.807, 2.05) is 0 Å². The molecule has 7 aromatic rings. The number of benzene rings is 7. The molecule has 220 valence electrons. The lowest BCUT2D eigenvalue weighted by molar-refractivity contribution is 0.487. The fraction of sp³-hybridized carbons (Fsp3) is 0. The third-order valence-electron chi connectivity index (χ3n) is 9.57. The molecule has 7 aromatic carbocycles. The largest absolute Gasteiger partial charge is 0.458 e. The molecule has 10 rings (SSSR count). The first-order valence-electron chi connectivity index (χ1n) is 16.1. The van der Waals surface area contributed by atoms with Gasteiger partial charge in [0.2, 0.25) is 0 Å². The van der Waals surface area contributed by atoms with Crippen molar-refractivity contribution >= 4 is 74.3 Å². The van der Waals surface area contributed by atoms with E-state index in [4.69, 9.17) is 4.74 Å². The van der Waals surface area contributed by atoms with E-state index >= 15 is 0 Å². The summed E-state index contributed by atoms with van der Waals surface area (Å²) in [5.74, 6) is 1.84. The van der Waals surface area contributed by atoms with Crippen LogP contribution in [0.1, 0.15) is 0 Å². The van der Waals surface area contributed by atoms with Crippen LogP contribution in [0.4, 0.5) is 51.2 Å². The number of nitrogens with zero attached hydrogens (tertiary/aromatic N) is 3. The minimum absolute atomic E-state index is 0.0297. The van der Waals surface area contributed by atoms with Crippen molar-refractivity contribution in [3.8, 4) is 11.5 Å². The summed E-state index contributed by atoms with van der Waals surface area (Å²) in [6.45, 7) is 0.0297. The minimum Gasteiger partial charge on any atom is -0.458 e.